The highest BCUT2D eigenvalue weighted by Crippen LogP contribution is 2.29. The first-order chi connectivity index (χ1) is 9.56. The highest BCUT2D eigenvalue weighted by molar-refractivity contribution is 6.32. The molecule has 1 heterocycles. The van der Waals surface area contributed by atoms with Gasteiger partial charge in [0.25, 0.3) is 0 Å². The highest BCUT2D eigenvalue weighted by Gasteiger charge is 2.12. The Morgan fingerprint density at radius 3 is 2.85 bits per heavy atom. The summed E-state index contributed by atoms with van der Waals surface area (Å²) >= 11 is 6.18. The van der Waals surface area contributed by atoms with Crippen molar-refractivity contribution in [3.63, 3.8) is 0 Å². The van der Waals surface area contributed by atoms with Crippen molar-refractivity contribution in [2.75, 3.05) is 0 Å². The zero-order valence-corrected chi connectivity index (χ0v) is 12.4. The van der Waals surface area contributed by atoms with Crippen LogP contribution in [0.5, 0.6) is 0 Å². The molecule has 0 aliphatic rings. The van der Waals surface area contributed by atoms with Crippen LogP contribution in [0, 0.1) is 18.3 Å². The second kappa shape index (κ2) is 6.08. The predicted molar refractivity (Wildman–Crippen MR) is 80.4 cm³/mol. The van der Waals surface area contributed by atoms with Crippen LogP contribution in [0.4, 0.5) is 0 Å². The predicted octanol–water partition coefficient (Wildman–Crippen LogP) is 3.12. The first kappa shape index (κ1) is 14.6. The molecule has 0 fully saturated rings. The Morgan fingerprint density at radius 2 is 2.20 bits per heavy atom. The molecular weight excluding hydrogens is 272 g/mol. The molecule has 0 radical (unpaired) electrons. The number of rotatable bonds is 4. The summed E-state index contributed by atoms with van der Waals surface area (Å²) in [5.74, 6) is 0. The van der Waals surface area contributed by atoms with Gasteiger partial charge < -0.3 is 5.73 Å². The van der Waals surface area contributed by atoms with Crippen LogP contribution in [0.15, 0.2) is 24.4 Å². The van der Waals surface area contributed by atoms with Crippen LogP contribution in [0.1, 0.15) is 24.5 Å². The minimum atomic E-state index is 0.105. The van der Waals surface area contributed by atoms with Gasteiger partial charge in [-0.3, -0.25) is 4.68 Å². The van der Waals surface area contributed by atoms with E-state index in [0.717, 1.165) is 23.2 Å². The van der Waals surface area contributed by atoms with Crippen LogP contribution in [0.2, 0.25) is 5.02 Å². The van der Waals surface area contributed by atoms with Crippen molar-refractivity contribution in [1.82, 2.24) is 9.78 Å². The Hall–Kier alpha value is -1.83. The standard InChI is InChI=1S/C15H17ClN4/c1-3-12(18)9-20-7-6-14(19-20)13-5-4-11(8-17)15(16)10(13)2/h4-7,12H,3,9,18H2,1-2H3. The fraction of sp³-hybridized carbons (Fsp3) is 0.333. The van der Waals surface area contributed by atoms with E-state index in [1.54, 1.807) is 6.07 Å². The van der Waals surface area contributed by atoms with Crippen LogP contribution in [0.25, 0.3) is 11.3 Å². The van der Waals surface area contributed by atoms with Crippen LogP contribution in [0.3, 0.4) is 0 Å². The molecule has 1 aromatic carbocycles. The van der Waals surface area contributed by atoms with E-state index in [0.29, 0.717) is 17.1 Å². The van der Waals surface area contributed by atoms with Gasteiger partial charge in [-0.2, -0.15) is 10.4 Å². The summed E-state index contributed by atoms with van der Waals surface area (Å²) in [4.78, 5) is 0. The Labute approximate surface area is 123 Å². The third-order valence-corrected chi connectivity index (χ3v) is 3.86. The summed E-state index contributed by atoms with van der Waals surface area (Å²) in [6, 6.07) is 7.73. The first-order valence-electron chi connectivity index (χ1n) is 6.55. The largest absolute Gasteiger partial charge is 0.326 e. The van der Waals surface area contributed by atoms with Crippen LogP contribution in [-0.4, -0.2) is 15.8 Å². The number of benzene rings is 1. The molecule has 2 aromatic rings. The minimum absolute atomic E-state index is 0.105. The Bertz CT molecular complexity index is 654. The second-order valence-corrected chi connectivity index (χ2v) is 5.18. The molecule has 0 amide bonds. The lowest BCUT2D eigenvalue weighted by molar-refractivity contribution is 0.501. The maximum absolute atomic E-state index is 8.97. The Balaban J connectivity index is 2.34. The van der Waals surface area contributed by atoms with Crippen molar-refractivity contribution < 1.29 is 0 Å². The number of hydrogen-bond acceptors (Lipinski definition) is 3. The molecule has 0 bridgehead atoms. The quantitative estimate of drug-likeness (QED) is 0.940. The third kappa shape index (κ3) is 2.84. The monoisotopic (exact) mass is 288 g/mol. The SMILES string of the molecule is CCC(N)Cn1ccc(-c2ccc(C#N)c(Cl)c2C)n1. The van der Waals surface area contributed by atoms with E-state index < -0.39 is 0 Å². The molecule has 4 nitrogen and oxygen atoms in total. The highest BCUT2D eigenvalue weighted by atomic mass is 35.5. The molecule has 1 atom stereocenters. The molecule has 0 aliphatic carbocycles. The van der Waals surface area contributed by atoms with Crippen LogP contribution >= 0.6 is 11.6 Å². The van der Waals surface area contributed by atoms with E-state index in [1.807, 2.05) is 29.9 Å². The fourth-order valence-corrected chi connectivity index (χ4v) is 2.23. The first-order valence-corrected chi connectivity index (χ1v) is 6.93. The maximum Gasteiger partial charge on any atom is 0.101 e. The van der Waals surface area contributed by atoms with E-state index in [4.69, 9.17) is 22.6 Å². The van der Waals surface area contributed by atoms with E-state index in [-0.39, 0.29) is 6.04 Å². The van der Waals surface area contributed by atoms with Gasteiger partial charge in [-0.1, -0.05) is 24.6 Å². The average Bonchev–Trinajstić information content (AvgIpc) is 2.89. The van der Waals surface area contributed by atoms with E-state index in [1.165, 1.54) is 0 Å². The van der Waals surface area contributed by atoms with Gasteiger partial charge in [-0.25, -0.2) is 0 Å². The lowest BCUT2D eigenvalue weighted by Gasteiger charge is -2.09. The number of aromatic nitrogens is 2. The number of nitrogens with two attached hydrogens (primary N) is 1. The van der Waals surface area contributed by atoms with Crippen molar-refractivity contribution >= 4 is 11.6 Å². The topological polar surface area (TPSA) is 67.6 Å². The molecule has 104 valence electrons. The van der Waals surface area contributed by atoms with Gasteiger partial charge in [-0.05, 0) is 31.0 Å². The number of nitriles is 1. The van der Waals surface area contributed by atoms with E-state index in [9.17, 15) is 0 Å². The molecule has 0 spiro atoms. The molecule has 0 saturated heterocycles. The molecule has 1 unspecified atom stereocenters. The maximum atomic E-state index is 8.97. The molecular formula is C15H17ClN4. The second-order valence-electron chi connectivity index (χ2n) is 4.80. The zero-order valence-electron chi connectivity index (χ0n) is 11.6. The summed E-state index contributed by atoms with van der Waals surface area (Å²) in [5.41, 5.74) is 9.07. The lowest BCUT2D eigenvalue weighted by atomic mass is 10.0. The smallest absolute Gasteiger partial charge is 0.101 e. The molecule has 2 rings (SSSR count). The minimum Gasteiger partial charge on any atom is -0.326 e. The number of nitrogens with zero attached hydrogens (tertiary/aromatic N) is 3. The zero-order chi connectivity index (χ0) is 14.7. The molecule has 0 saturated carbocycles. The summed E-state index contributed by atoms with van der Waals surface area (Å²) in [5, 5.41) is 14.0. The van der Waals surface area contributed by atoms with Crippen molar-refractivity contribution in [2.45, 2.75) is 32.9 Å². The number of hydrogen-bond donors (Lipinski definition) is 1. The van der Waals surface area contributed by atoms with Gasteiger partial charge in [0.15, 0.2) is 0 Å². The van der Waals surface area contributed by atoms with Gasteiger partial charge in [0, 0.05) is 17.8 Å². The van der Waals surface area contributed by atoms with Crippen molar-refractivity contribution in [3.05, 3.63) is 40.5 Å². The van der Waals surface area contributed by atoms with Crippen molar-refractivity contribution in [1.29, 1.82) is 5.26 Å². The number of halogens is 1. The van der Waals surface area contributed by atoms with E-state index >= 15 is 0 Å². The van der Waals surface area contributed by atoms with Crippen LogP contribution < -0.4 is 5.73 Å². The molecule has 2 N–H and O–H groups in total. The summed E-state index contributed by atoms with van der Waals surface area (Å²) in [6.07, 6.45) is 2.83. The van der Waals surface area contributed by atoms with E-state index in [2.05, 4.69) is 18.1 Å². The molecule has 0 aliphatic heterocycles. The summed E-state index contributed by atoms with van der Waals surface area (Å²) in [7, 11) is 0. The summed E-state index contributed by atoms with van der Waals surface area (Å²) in [6.45, 7) is 4.65. The van der Waals surface area contributed by atoms with Gasteiger partial charge >= 0.3 is 0 Å². The molecule has 20 heavy (non-hydrogen) atoms. The Kier molecular flexibility index (Phi) is 4.43. The molecule has 5 heteroatoms. The average molecular weight is 289 g/mol. The van der Waals surface area contributed by atoms with Gasteiger partial charge in [-0.15, -0.1) is 0 Å². The molecule has 1 aromatic heterocycles. The third-order valence-electron chi connectivity index (χ3n) is 3.37. The normalized spacial score (nSPS) is 12.2. The lowest BCUT2D eigenvalue weighted by Crippen LogP contribution is -2.25. The van der Waals surface area contributed by atoms with Gasteiger partial charge in [0.1, 0.15) is 6.07 Å². The fourth-order valence-electron chi connectivity index (χ4n) is 2.03. The summed E-state index contributed by atoms with van der Waals surface area (Å²) < 4.78 is 1.84. The van der Waals surface area contributed by atoms with Crippen LogP contribution in [-0.2, 0) is 6.54 Å². The van der Waals surface area contributed by atoms with Crippen molar-refractivity contribution in [3.8, 4) is 17.3 Å². The van der Waals surface area contributed by atoms with Crippen molar-refractivity contribution in [2.24, 2.45) is 5.73 Å². The van der Waals surface area contributed by atoms with Gasteiger partial charge in [0.05, 0.1) is 22.8 Å². The van der Waals surface area contributed by atoms with Gasteiger partial charge in [0.2, 0.25) is 0 Å². The Morgan fingerprint density at radius 1 is 1.45 bits per heavy atom.